The topological polar surface area (TPSA) is 92.5 Å². The van der Waals surface area contributed by atoms with Gasteiger partial charge in [-0.15, -0.1) is 0 Å². The summed E-state index contributed by atoms with van der Waals surface area (Å²) in [5.41, 5.74) is 5.82. The van der Waals surface area contributed by atoms with Crippen LogP contribution in [0.3, 0.4) is 0 Å². The zero-order chi connectivity index (χ0) is 29.5. The molecule has 1 aliphatic heterocycles. The Labute approximate surface area is 247 Å². The SMILES string of the molecule is CCCCCc1ccc(C(=O)N2CCN(c3nc(-c4ccccc4)nc(C)c3Cc3ccc([N+](=O)[O-])cc3)CC2)cc1. The molecule has 0 radical (unpaired) electrons. The lowest BCUT2D eigenvalue weighted by atomic mass is 10.0. The zero-order valence-corrected chi connectivity index (χ0v) is 24.3. The molecule has 8 nitrogen and oxygen atoms in total. The summed E-state index contributed by atoms with van der Waals surface area (Å²) in [6, 6.07) is 24.6. The van der Waals surface area contributed by atoms with Crippen molar-refractivity contribution in [2.45, 2.75) is 46.0 Å². The number of piperazine rings is 1. The minimum absolute atomic E-state index is 0.0599. The van der Waals surface area contributed by atoms with E-state index in [1.54, 1.807) is 12.1 Å². The number of unbranched alkanes of at least 4 members (excludes halogenated alkanes) is 2. The van der Waals surface area contributed by atoms with E-state index < -0.39 is 0 Å². The van der Waals surface area contributed by atoms with Gasteiger partial charge in [-0.25, -0.2) is 9.97 Å². The van der Waals surface area contributed by atoms with Gasteiger partial charge in [0.2, 0.25) is 0 Å². The molecule has 5 rings (SSSR count). The highest BCUT2D eigenvalue weighted by atomic mass is 16.6. The fourth-order valence-electron chi connectivity index (χ4n) is 5.40. The van der Waals surface area contributed by atoms with E-state index in [-0.39, 0.29) is 16.5 Å². The lowest BCUT2D eigenvalue weighted by molar-refractivity contribution is -0.384. The maximum atomic E-state index is 13.3. The summed E-state index contributed by atoms with van der Waals surface area (Å²) >= 11 is 0. The Kier molecular flexibility index (Phi) is 9.21. The maximum Gasteiger partial charge on any atom is 0.269 e. The van der Waals surface area contributed by atoms with Crippen LogP contribution < -0.4 is 4.90 Å². The van der Waals surface area contributed by atoms with Gasteiger partial charge in [-0.2, -0.15) is 0 Å². The number of carbonyl (C=O) groups is 1. The highest BCUT2D eigenvalue weighted by Gasteiger charge is 2.26. The minimum atomic E-state index is -0.388. The van der Waals surface area contributed by atoms with Gasteiger partial charge in [-0.1, -0.05) is 74.4 Å². The van der Waals surface area contributed by atoms with Crippen molar-refractivity contribution in [1.29, 1.82) is 0 Å². The summed E-state index contributed by atoms with van der Waals surface area (Å²) in [6.45, 7) is 6.69. The second-order valence-electron chi connectivity index (χ2n) is 10.8. The number of non-ortho nitro benzene ring substituents is 1. The molecule has 1 fully saturated rings. The molecule has 1 aromatic heterocycles. The van der Waals surface area contributed by atoms with Gasteiger partial charge in [0.05, 0.1) is 4.92 Å². The Morgan fingerprint density at radius 1 is 0.857 bits per heavy atom. The number of nitro benzene ring substituents is 1. The van der Waals surface area contributed by atoms with E-state index in [9.17, 15) is 14.9 Å². The normalized spacial score (nSPS) is 13.3. The van der Waals surface area contributed by atoms with Gasteiger partial charge >= 0.3 is 0 Å². The Bertz CT molecular complexity index is 1510. The van der Waals surface area contributed by atoms with Crippen LogP contribution in [-0.4, -0.2) is 51.9 Å². The quantitative estimate of drug-likeness (QED) is 0.122. The fraction of sp³-hybridized carbons (Fsp3) is 0.324. The van der Waals surface area contributed by atoms with Crippen molar-refractivity contribution in [2.75, 3.05) is 31.1 Å². The monoisotopic (exact) mass is 563 g/mol. The molecule has 0 aliphatic carbocycles. The summed E-state index contributed by atoms with van der Waals surface area (Å²) in [5.74, 6) is 1.57. The van der Waals surface area contributed by atoms with E-state index in [2.05, 4.69) is 24.0 Å². The summed E-state index contributed by atoms with van der Waals surface area (Å²) < 4.78 is 0. The number of nitro groups is 1. The molecule has 0 bridgehead atoms. The van der Waals surface area contributed by atoms with Gasteiger partial charge in [0.15, 0.2) is 5.82 Å². The Hall–Kier alpha value is -4.59. The molecule has 0 unspecified atom stereocenters. The average Bonchev–Trinajstić information content (AvgIpc) is 3.03. The van der Waals surface area contributed by atoms with Crippen LogP contribution in [0.4, 0.5) is 11.5 Å². The highest BCUT2D eigenvalue weighted by molar-refractivity contribution is 5.94. The number of carbonyl (C=O) groups excluding carboxylic acids is 1. The van der Waals surface area contributed by atoms with Crippen LogP contribution in [0.2, 0.25) is 0 Å². The Morgan fingerprint density at radius 2 is 1.52 bits per heavy atom. The van der Waals surface area contributed by atoms with Crippen LogP contribution in [0.1, 0.15) is 58.9 Å². The number of hydrogen-bond acceptors (Lipinski definition) is 6. The molecule has 0 saturated carbocycles. The molecule has 0 N–H and O–H groups in total. The smallest absolute Gasteiger partial charge is 0.269 e. The number of nitrogens with zero attached hydrogens (tertiary/aromatic N) is 5. The van der Waals surface area contributed by atoms with Gasteiger partial charge in [-0.05, 0) is 43.0 Å². The number of benzene rings is 3. The third kappa shape index (κ3) is 6.82. The zero-order valence-electron chi connectivity index (χ0n) is 24.3. The standard InChI is InChI=1S/C34H37N5O3/c1-3-4-6-9-26-12-16-29(17-13-26)34(40)38-22-20-37(21-23-38)33-31(24-27-14-18-30(19-15-27)39(41)42)25(2)35-32(36-33)28-10-7-5-8-11-28/h5,7-8,10-19H,3-4,6,9,20-24H2,1-2H3. The molecule has 216 valence electrons. The highest BCUT2D eigenvalue weighted by Crippen LogP contribution is 2.29. The number of hydrogen-bond donors (Lipinski definition) is 0. The Morgan fingerprint density at radius 3 is 2.17 bits per heavy atom. The molecule has 8 heteroatoms. The summed E-state index contributed by atoms with van der Waals surface area (Å²) in [4.78, 5) is 38.1. The van der Waals surface area contributed by atoms with E-state index in [0.717, 1.165) is 40.2 Å². The summed E-state index contributed by atoms with van der Waals surface area (Å²) in [7, 11) is 0. The third-order valence-electron chi connectivity index (χ3n) is 7.89. The molecule has 1 aliphatic rings. The van der Waals surface area contributed by atoms with Crippen molar-refractivity contribution in [3.05, 3.63) is 117 Å². The largest absolute Gasteiger partial charge is 0.353 e. The second kappa shape index (κ2) is 13.4. The van der Waals surface area contributed by atoms with Crippen molar-refractivity contribution < 1.29 is 9.72 Å². The third-order valence-corrected chi connectivity index (χ3v) is 7.89. The molecule has 2 heterocycles. The molecule has 3 aromatic carbocycles. The average molecular weight is 564 g/mol. The predicted octanol–water partition coefficient (Wildman–Crippen LogP) is 6.65. The molecule has 42 heavy (non-hydrogen) atoms. The Balaban J connectivity index is 1.35. The van der Waals surface area contributed by atoms with Crippen LogP contribution in [0.25, 0.3) is 11.4 Å². The minimum Gasteiger partial charge on any atom is -0.353 e. The van der Waals surface area contributed by atoms with E-state index in [4.69, 9.17) is 9.97 Å². The predicted molar refractivity (Wildman–Crippen MR) is 166 cm³/mol. The van der Waals surface area contributed by atoms with E-state index >= 15 is 0 Å². The molecular weight excluding hydrogens is 526 g/mol. The first-order chi connectivity index (χ1) is 20.4. The number of aryl methyl sites for hydroxylation is 2. The first kappa shape index (κ1) is 28.9. The van der Waals surface area contributed by atoms with Crippen LogP contribution in [0, 0.1) is 17.0 Å². The number of amides is 1. The second-order valence-corrected chi connectivity index (χ2v) is 10.8. The van der Waals surface area contributed by atoms with Gasteiger partial charge in [-0.3, -0.25) is 14.9 Å². The fourth-order valence-corrected chi connectivity index (χ4v) is 5.40. The van der Waals surface area contributed by atoms with Crippen molar-refractivity contribution in [3.63, 3.8) is 0 Å². The van der Waals surface area contributed by atoms with Gasteiger partial charge < -0.3 is 9.80 Å². The van der Waals surface area contributed by atoms with Crippen LogP contribution in [0.15, 0.2) is 78.9 Å². The van der Waals surface area contributed by atoms with Crippen LogP contribution >= 0.6 is 0 Å². The summed E-state index contributed by atoms with van der Waals surface area (Å²) in [6.07, 6.45) is 5.19. The molecular formula is C34H37N5O3. The van der Waals surface area contributed by atoms with Gasteiger partial charge in [0.25, 0.3) is 11.6 Å². The first-order valence-corrected chi connectivity index (χ1v) is 14.7. The lowest BCUT2D eigenvalue weighted by Gasteiger charge is -2.36. The van der Waals surface area contributed by atoms with Crippen LogP contribution in [-0.2, 0) is 12.8 Å². The molecule has 0 atom stereocenters. The maximum absolute atomic E-state index is 13.3. The van der Waals surface area contributed by atoms with Crippen molar-refractivity contribution in [1.82, 2.24) is 14.9 Å². The number of aromatic nitrogens is 2. The van der Waals surface area contributed by atoms with E-state index in [1.807, 2.05) is 54.3 Å². The summed E-state index contributed by atoms with van der Waals surface area (Å²) in [5, 5.41) is 11.1. The van der Waals surface area contributed by atoms with Gasteiger partial charge in [0, 0.05) is 67.1 Å². The number of anilines is 1. The van der Waals surface area contributed by atoms with Crippen molar-refractivity contribution >= 4 is 17.4 Å². The first-order valence-electron chi connectivity index (χ1n) is 14.7. The molecule has 4 aromatic rings. The van der Waals surface area contributed by atoms with Crippen LogP contribution in [0.5, 0.6) is 0 Å². The van der Waals surface area contributed by atoms with Gasteiger partial charge in [0.1, 0.15) is 5.82 Å². The number of rotatable bonds is 10. The molecule has 1 saturated heterocycles. The van der Waals surface area contributed by atoms with E-state index in [0.29, 0.717) is 38.4 Å². The molecule has 1 amide bonds. The molecule has 0 spiro atoms. The van der Waals surface area contributed by atoms with E-state index in [1.165, 1.54) is 37.0 Å². The van der Waals surface area contributed by atoms with Crippen molar-refractivity contribution in [3.8, 4) is 11.4 Å². The lowest BCUT2D eigenvalue weighted by Crippen LogP contribution is -2.49. The van der Waals surface area contributed by atoms with Crippen molar-refractivity contribution in [2.24, 2.45) is 0 Å².